The highest BCUT2D eigenvalue weighted by Crippen LogP contribution is 2.50. The number of esters is 1. The van der Waals surface area contributed by atoms with Crippen molar-refractivity contribution >= 4 is 23.3 Å². The second-order valence-corrected chi connectivity index (χ2v) is 9.00. The van der Waals surface area contributed by atoms with E-state index >= 15 is 0 Å². The summed E-state index contributed by atoms with van der Waals surface area (Å²) in [6.07, 6.45) is -3.78. The lowest BCUT2D eigenvalue weighted by Gasteiger charge is -2.57. The fraction of sp³-hybridized carbons (Fsp3) is 0.423. The number of rotatable bonds is 10. The Balaban J connectivity index is 2.09. The number of aromatic nitrogens is 1. The van der Waals surface area contributed by atoms with E-state index in [0.717, 1.165) is 27.7 Å². The van der Waals surface area contributed by atoms with Gasteiger partial charge >= 0.3 is 11.8 Å². The normalized spacial score (nSPS) is 29.2. The topological polar surface area (TPSA) is 199 Å². The number of hydrogen-bond acceptors (Lipinski definition) is 13. The van der Waals surface area contributed by atoms with E-state index < -0.39 is 65.2 Å². The fourth-order valence-corrected chi connectivity index (χ4v) is 4.60. The highest BCUT2D eigenvalue weighted by molar-refractivity contribution is 6.05. The minimum Gasteiger partial charge on any atom is -0.441 e. The third-order valence-corrected chi connectivity index (χ3v) is 6.49. The molecular weight excluding hydrogens is 518 g/mol. The summed E-state index contributed by atoms with van der Waals surface area (Å²) >= 11 is 0. The third-order valence-electron chi connectivity index (χ3n) is 6.49. The lowest BCUT2D eigenvalue weighted by molar-refractivity contribution is -0.450. The summed E-state index contributed by atoms with van der Waals surface area (Å²) in [5.41, 5.74) is -5.84. The molecule has 1 fully saturated rings. The van der Waals surface area contributed by atoms with Crippen LogP contribution in [0.2, 0.25) is 0 Å². The van der Waals surface area contributed by atoms with Crippen LogP contribution in [0.15, 0.2) is 48.7 Å². The van der Waals surface area contributed by atoms with Crippen molar-refractivity contribution in [3.05, 3.63) is 59.9 Å². The predicted molar refractivity (Wildman–Crippen MR) is 129 cm³/mol. The molecule has 0 radical (unpaired) electrons. The van der Waals surface area contributed by atoms with E-state index in [1.807, 2.05) is 0 Å². The van der Waals surface area contributed by atoms with Crippen molar-refractivity contribution in [2.24, 2.45) is 0 Å². The van der Waals surface area contributed by atoms with Crippen LogP contribution in [0.4, 0.5) is 0 Å². The van der Waals surface area contributed by atoms with Gasteiger partial charge in [0, 0.05) is 20.0 Å². The van der Waals surface area contributed by atoms with Crippen LogP contribution in [-0.2, 0) is 33.5 Å². The number of benzene rings is 1. The first-order chi connectivity index (χ1) is 18.3. The summed E-state index contributed by atoms with van der Waals surface area (Å²) in [6.45, 7) is 2.17. The van der Waals surface area contributed by atoms with Gasteiger partial charge in [0.2, 0.25) is 5.60 Å². The number of carbonyl (C=O) groups excluding carboxylic acids is 4. The maximum Gasteiger partial charge on any atom is 0.323 e. The number of ketones is 3. The second-order valence-electron chi connectivity index (χ2n) is 9.00. The summed E-state index contributed by atoms with van der Waals surface area (Å²) in [7, 11) is 0. The molecule has 1 saturated heterocycles. The van der Waals surface area contributed by atoms with Crippen molar-refractivity contribution in [2.45, 2.75) is 63.0 Å². The van der Waals surface area contributed by atoms with Gasteiger partial charge in [-0.1, -0.05) is 18.2 Å². The average molecular weight is 548 g/mol. The molecule has 0 bridgehead atoms. The van der Waals surface area contributed by atoms with Crippen LogP contribution in [-0.4, -0.2) is 84.5 Å². The second kappa shape index (κ2) is 11.3. The highest BCUT2D eigenvalue weighted by atomic mass is 17.2. The summed E-state index contributed by atoms with van der Waals surface area (Å²) in [6, 6.07) is 10.5. The smallest absolute Gasteiger partial charge is 0.323 e. The molecule has 1 aliphatic rings. The molecule has 0 amide bonds. The molecule has 4 N–H and O–H groups in total. The molecule has 0 aliphatic carbocycles. The van der Waals surface area contributed by atoms with Gasteiger partial charge < -0.3 is 34.8 Å². The number of aliphatic hydroxyl groups excluding tert-OH is 3. The van der Waals surface area contributed by atoms with Crippen LogP contribution in [0.5, 0.6) is 5.75 Å². The van der Waals surface area contributed by atoms with Gasteiger partial charge in [0.05, 0.1) is 12.3 Å². The quantitative estimate of drug-likeness (QED) is 0.172. The van der Waals surface area contributed by atoms with E-state index in [9.17, 15) is 39.6 Å². The van der Waals surface area contributed by atoms with E-state index in [1.165, 1.54) is 30.5 Å². The number of pyridine rings is 1. The number of carbonyl (C=O) groups is 4. The average Bonchev–Trinajstić information content (AvgIpc) is 2.90. The van der Waals surface area contributed by atoms with Crippen LogP contribution in [0.1, 0.15) is 45.1 Å². The van der Waals surface area contributed by atoms with E-state index in [1.54, 1.807) is 18.2 Å². The molecule has 1 unspecified atom stereocenters. The largest absolute Gasteiger partial charge is 0.441 e. The van der Waals surface area contributed by atoms with Crippen LogP contribution in [0.3, 0.4) is 0 Å². The highest BCUT2D eigenvalue weighted by Gasteiger charge is 2.82. The number of aliphatic hydroxyl groups is 4. The fourth-order valence-electron chi connectivity index (χ4n) is 4.60. The van der Waals surface area contributed by atoms with E-state index in [2.05, 4.69) is 4.98 Å². The Morgan fingerprint density at radius 2 is 1.64 bits per heavy atom. The predicted octanol–water partition coefficient (Wildman–Crippen LogP) is -0.278. The van der Waals surface area contributed by atoms with Crippen molar-refractivity contribution in [2.75, 3.05) is 6.61 Å². The molecule has 210 valence electrons. The van der Waals surface area contributed by atoms with Gasteiger partial charge in [-0.25, -0.2) is 0 Å². The van der Waals surface area contributed by atoms with Gasteiger partial charge in [0.25, 0.3) is 5.60 Å². The van der Waals surface area contributed by atoms with Crippen LogP contribution < -0.4 is 4.89 Å². The van der Waals surface area contributed by atoms with Crippen molar-refractivity contribution in [3.8, 4) is 5.75 Å². The molecule has 1 aromatic heterocycles. The molecule has 1 aliphatic heterocycles. The standard InChI is InChI=1S/C26H29NO12/c1-14(29)24(35)23(34)21(13-28)37-26(16(3)31,25(24,15(2)30)36-17(4)32)39-38-19-10-8-18(9-11-19)22(33)20-7-5-6-12-27-20/h5-12,21-23,28,33-35H,13H2,1-4H3/t21-,22?,23+,24+,25-,26+/m1/s1. The molecule has 6 atom stereocenters. The molecule has 3 rings (SSSR count). The molecule has 1 aromatic carbocycles. The molecule has 13 nitrogen and oxygen atoms in total. The van der Waals surface area contributed by atoms with Crippen molar-refractivity contribution in [3.63, 3.8) is 0 Å². The van der Waals surface area contributed by atoms with Gasteiger partial charge in [0.1, 0.15) is 18.3 Å². The third kappa shape index (κ3) is 4.84. The number of nitrogens with zero attached hydrogens (tertiary/aromatic N) is 1. The zero-order valence-corrected chi connectivity index (χ0v) is 21.6. The van der Waals surface area contributed by atoms with Gasteiger partial charge in [0.15, 0.2) is 23.1 Å². The first-order valence-electron chi connectivity index (χ1n) is 11.7. The summed E-state index contributed by atoms with van der Waals surface area (Å²) in [5.74, 6) is -8.36. The maximum atomic E-state index is 13.1. The minimum absolute atomic E-state index is 0.116. The molecule has 2 heterocycles. The Hall–Kier alpha value is -3.59. The van der Waals surface area contributed by atoms with E-state index in [4.69, 9.17) is 19.2 Å². The molecule has 0 saturated carbocycles. The number of Topliss-reactive ketones (excluding diaryl/α,β-unsaturated/α-hetero) is 3. The zero-order chi connectivity index (χ0) is 29.2. The van der Waals surface area contributed by atoms with Crippen molar-refractivity contribution in [1.29, 1.82) is 0 Å². The number of ether oxygens (including phenoxy) is 2. The molecule has 2 aromatic rings. The summed E-state index contributed by atoms with van der Waals surface area (Å²) in [4.78, 5) is 65.9. The first kappa shape index (κ1) is 30.0. The summed E-state index contributed by atoms with van der Waals surface area (Å²) < 4.78 is 10.7. The van der Waals surface area contributed by atoms with E-state index in [-0.39, 0.29) is 5.75 Å². The lowest BCUT2D eigenvalue weighted by Crippen LogP contribution is -2.86. The molecular formula is C26H29NO12. The van der Waals surface area contributed by atoms with Crippen molar-refractivity contribution in [1.82, 2.24) is 4.98 Å². The van der Waals surface area contributed by atoms with Crippen LogP contribution >= 0.6 is 0 Å². The molecule has 39 heavy (non-hydrogen) atoms. The molecule has 0 spiro atoms. The lowest BCUT2D eigenvalue weighted by atomic mass is 9.64. The maximum absolute atomic E-state index is 13.1. The Labute approximate surface area is 222 Å². The monoisotopic (exact) mass is 547 g/mol. The number of hydrogen-bond donors (Lipinski definition) is 4. The van der Waals surface area contributed by atoms with Crippen molar-refractivity contribution < 1.29 is 58.9 Å². The minimum atomic E-state index is -3.32. The van der Waals surface area contributed by atoms with Crippen LogP contribution in [0.25, 0.3) is 0 Å². The van der Waals surface area contributed by atoms with Gasteiger partial charge in [-0.15, -0.1) is 4.89 Å². The Morgan fingerprint density at radius 1 is 1.00 bits per heavy atom. The van der Waals surface area contributed by atoms with E-state index in [0.29, 0.717) is 11.3 Å². The van der Waals surface area contributed by atoms with Gasteiger partial charge in [-0.3, -0.25) is 24.2 Å². The Kier molecular flexibility index (Phi) is 8.65. The Morgan fingerprint density at radius 3 is 2.10 bits per heavy atom. The first-order valence-corrected chi connectivity index (χ1v) is 11.7. The molecule has 13 heteroatoms. The SMILES string of the molecule is CC(=O)O[C@@]1(C(C)=O)[C@@](OOc2ccc(C(O)c3ccccn3)cc2)(C(C)=O)O[C@H](CO)[C@H](O)[C@@]1(O)C(C)=O. The van der Waals surface area contributed by atoms with Gasteiger partial charge in [-0.05, 0) is 43.7 Å². The van der Waals surface area contributed by atoms with Crippen LogP contribution in [0, 0.1) is 0 Å². The zero-order valence-electron chi connectivity index (χ0n) is 21.6. The van der Waals surface area contributed by atoms with Gasteiger partial charge in [-0.2, -0.15) is 0 Å². The Bertz CT molecular complexity index is 1240. The summed E-state index contributed by atoms with van der Waals surface area (Å²) in [5, 5.41) is 42.7.